The zero-order chi connectivity index (χ0) is 17.1. The predicted octanol–water partition coefficient (Wildman–Crippen LogP) is 3.04. The third-order valence-corrected chi connectivity index (χ3v) is 3.86. The first-order valence-corrected chi connectivity index (χ1v) is 7.96. The molecular weight excluding hydrogens is 320 g/mol. The summed E-state index contributed by atoms with van der Waals surface area (Å²) in [6.07, 6.45) is 5.06. The van der Waals surface area contributed by atoms with Gasteiger partial charge in [-0.25, -0.2) is 0 Å². The first-order chi connectivity index (χ1) is 12.3. The number of nitrogens with one attached hydrogen (secondary N) is 1. The first-order valence-electron chi connectivity index (χ1n) is 7.96. The van der Waals surface area contributed by atoms with E-state index in [0.717, 1.165) is 16.9 Å². The molecule has 1 amide bonds. The summed E-state index contributed by atoms with van der Waals surface area (Å²) in [6, 6.07) is 10.9. The number of amides is 1. The summed E-state index contributed by atoms with van der Waals surface area (Å²) in [5.41, 5.74) is 2.21. The summed E-state index contributed by atoms with van der Waals surface area (Å²) in [7, 11) is 0. The molecule has 126 valence electrons. The highest BCUT2D eigenvalue weighted by atomic mass is 16.6. The van der Waals surface area contributed by atoms with Gasteiger partial charge in [0.15, 0.2) is 11.5 Å². The number of aromatic nitrogens is 1. The Balaban J connectivity index is 1.49. The summed E-state index contributed by atoms with van der Waals surface area (Å²) in [6.45, 7) is 1.28. The highest BCUT2D eigenvalue weighted by Crippen LogP contribution is 2.33. The Morgan fingerprint density at radius 2 is 2.04 bits per heavy atom. The van der Waals surface area contributed by atoms with Crippen LogP contribution in [0.15, 0.2) is 59.5 Å². The summed E-state index contributed by atoms with van der Waals surface area (Å²) < 4.78 is 16.5. The zero-order valence-electron chi connectivity index (χ0n) is 13.4. The highest BCUT2D eigenvalue weighted by molar-refractivity contribution is 5.97. The Kier molecular flexibility index (Phi) is 4.08. The standard InChI is InChI=1S/C19H16N2O4/c22-19(15-3-1-4-17-18(15)25-8-7-24-17)21-11-13-9-14(12-20-10-13)16-5-2-6-23-16/h1-6,9-10,12H,7-8,11H2,(H,21,22). The van der Waals surface area contributed by atoms with Crippen molar-refractivity contribution < 1.29 is 18.7 Å². The molecular formula is C19H16N2O4. The lowest BCUT2D eigenvalue weighted by Crippen LogP contribution is -2.25. The van der Waals surface area contributed by atoms with Crippen molar-refractivity contribution in [2.24, 2.45) is 0 Å². The quantitative estimate of drug-likeness (QED) is 0.793. The van der Waals surface area contributed by atoms with E-state index < -0.39 is 0 Å². The van der Waals surface area contributed by atoms with Crippen LogP contribution in [0, 0.1) is 0 Å². The summed E-state index contributed by atoms with van der Waals surface area (Å²) in [5.74, 6) is 1.61. The van der Waals surface area contributed by atoms with E-state index in [1.165, 1.54) is 0 Å². The van der Waals surface area contributed by atoms with Crippen LogP contribution in [-0.4, -0.2) is 24.1 Å². The van der Waals surface area contributed by atoms with E-state index in [9.17, 15) is 4.79 Å². The van der Waals surface area contributed by atoms with Gasteiger partial charge in [0.2, 0.25) is 0 Å². The van der Waals surface area contributed by atoms with Crippen molar-refractivity contribution in [2.45, 2.75) is 6.54 Å². The van der Waals surface area contributed by atoms with Crippen molar-refractivity contribution in [3.8, 4) is 22.8 Å². The van der Waals surface area contributed by atoms with Crippen LogP contribution in [0.5, 0.6) is 11.5 Å². The molecule has 0 saturated carbocycles. The fourth-order valence-electron chi connectivity index (χ4n) is 2.69. The van der Waals surface area contributed by atoms with Crippen LogP contribution in [0.25, 0.3) is 11.3 Å². The molecule has 0 fully saturated rings. The largest absolute Gasteiger partial charge is 0.486 e. The Hall–Kier alpha value is -3.28. The molecule has 0 aliphatic carbocycles. The average Bonchev–Trinajstić information content (AvgIpc) is 3.21. The molecule has 6 heteroatoms. The van der Waals surface area contributed by atoms with Gasteiger partial charge >= 0.3 is 0 Å². The number of hydrogen-bond donors (Lipinski definition) is 1. The number of ether oxygens (including phenoxy) is 2. The number of benzene rings is 1. The van der Waals surface area contributed by atoms with Crippen molar-refractivity contribution in [2.75, 3.05) is 13.2 Å². The number of rotatable bonds is 4. The Morgan fingerprint density at radius 3 is 2.92 bits per heavy atom. The van der Waals surface area contributed by atoms with Crippen molar-refractivity contribution in [1.29, 1.82) is 0 Å². The molecule has 0 saturated heterocycles. The lowest BCUT2D eigenvalue weighted by Gasteiger charge is -2.20. The molecule has 1 N–H and O–H groups in total. The van der Waals surface area contributed by atoms with Gasteiger partial charge in [0.05, 0.1) is 11.8 Å². The number of nitrogens with zero attached hydrogens (tertiary/aromatic N) is 1. The second kappa shape index (κ2) is 6.68. The number of pyridine rings is 1. The van der Waals surface area contributed by atoms with Gasteiger partial charge in [0, 0.05) is 24.5 Å². The molecule has 6 nitrogen and oxygen atoms in total. The molecule has 25 heavy (non-hydrogen) atoms. The number of furan rings is 1. The maximum absolute atomic E-state index is 12.5. The second-order valence-electron chi connectivity index (χ2n) is 5.57. The van der Waals surface area contributed by atoms with Crippen LogP contribution in [0.3, 0.4) is 0 Å². The maximum Gasteiger partial charge on any atom is 0.255 e. The van der Waals surface area contributed by atoms with Crippen LogP contribution >= 0.6 is 0 Å². The van der Waals surface area contributed by atoms with Gasteiger partial charge in [-0.3, -0.25) is 9.78 Å². The van der Waals surface area contributed by atoms with Crippen LogP contribution in [-0.2, 0) is 6.54 Å². The van der Waals surface area contributed by atoms with Crippen LogP contribution in [0.2, 0.25) is 0 Å². The number of carbonyl (C=O) groups is 1. The van der Waals surface area contributed by atoms with Crippen LogP contribution < -0.4 is 14.8 Å². The van der Waals surface area contributed by atoms with Crippen LogP contribution in [0.4, 0.5) is 0 Å². The highest BCUT2D eigenvalue weighted by Gasteiger charge is 2.20. The van der Waals surface area contributed by atoms with E-state index in [0.29, 0.717) is 36.8 Å². The molecule has 0 radical (unpaired) electrons. The minimum absolute atomic E-state index is 0.217. The maximum atomic E-state index is 12.5. The van der Waals surface area contributed by atoms with E-state index in [2.05, 4.69) is 10.3 Å². The summed E-state index contributed by atoms with van der Waals surface area (Å²) in [5, 5.41) is 2.89. The SMILES string of the molecule is O=C(NCc1cncc(-c2ccco2)c1)c1cccc2c1OCCO2. The average molecular weight is 336 g/mol. The zero-order valence-corrected chi connectivity index (χ0v) is 13.4. The number of hydrogen-bond acceptors (Lipinski definition) is 5. The minimum Gasteiger partial charge on any atom is -0.486 e. The van der Waals surface area contributed by atoms with E-state index in [1.54, 1.807) is 36.9 Å². The Morgan fingerprint density at radius 1 is 1.12 bits per heavy atom. The van der Waals surface area contributed by atoms with Gasteiger partial charge in [-0.1, -0.05) is 6.07 Å². The fraction of sp³-hybridized carbons (Fsp3) is 0.158. The van der Waals surface area contributed by atoms with E-state index in [1.807, 2.05) is 18.2 Å². The molecule has 1 aliphatic heterocycles. The molecule has 1 aromatic carbocycles. The Labute approximate surface area is 144 Å². The van der Waals surface area contributed by atoms with Crippen molar-refractivity contribution in [3.63, 3.8) is 0 Å². The normalized spacial score (nSPS) is 12.6. The third kappa shape index (κ3) is 3.19. The minimum atomic E-state index is -0.217. The summed E-state index contributed by atoms with van der Waals surface area (Å²) in [4.78, 5) is 16.7. The first kappa shape index (κ1) is 15.3. The third-order valence-electron chi connectivity index (χ3n) is 3.86. The van der Waals surface area contributed by atoms with E-state index in [-0.39, 0.29) is 5.91 Å². The molecule has 1 aliphatic rings. The monoisotopic (exact) mass is 336 g/mol. The van der Waals surface area contributed by atoms with Crippen molar-refractivity contribution in [3.05, 3.63) is 66.2 Å². The second-order valence-corrected chi connectivity index (χ2v) is 5.57. The lowest BCUT2D eigenvalue weighted by molar-refractivity contribution is 0.0939. The molecule has 2 aromatic heterocycles. The lowest BCUT2D eigenvalue weighted by atomic mass is 10.1. The van der Waals surface area contributed by atoms with Gasteiger partial charge in [0.25, 0.3) is 5.91 Å². The van der Waals surface area contributed by atoms with E-state index >= 15 is 0 Å². The number of para-hydroxylation sites is 1. The molecule has 0 spiro atoms. The fourth-order valence-corrected chi connectivity index (χ4v) is 2.69. The Bertz CT molecular complexity index is 890. The van der Waals surface area contributed by atoms with E-state index in [4.69, 9.17) is 13.9 Å². The smallest absolute Gasteiger partial charge is 0.255 e. The predicted molar refractivity (Wildman–Crippen MR) is 90.5 cm³/mol. The van der Waals surface area contributed by atoms with Gasteiger partial charge in [-0.2, -0.15) is 0 Å². The summed E-state index contributed by atoms with van der Waals surface area (Å²) >= 11 is 0. The molecule has 3 aromatic rings. The molecule has 0 bridgehead atoms. The van der Waals surface area contributed by atoms with Crippen LogP contribution in [0.1, 0.15) is 15.9 Å². The van der Waals surface area contributed by atoms with Crippen molar-refractivity contribution in [1.82, 2.24) is 10.3 Å². The topological polar surface area (TPSA) is 73.6 Å². The number of fused-ring (bicyclic) bond motifs is 1. The molecule has 0 unspecified atom stereocenters. The molecule has 0 atom stereocenters. The van der Waals surface area contributed by atoms with Gasteiger partial charge < -0.3 is 19.2 Å². The van der Waals surface area contributed by atoms with Gasteiger partial charge in [-0.15, -0.1) is 0 Å². The van der Waals surface area contributed by atoms with Gasteiger partial charge in [0.1, 0.15) is 19.0 Å². The number of carbonyl (C=O) groups excluding carboxylic acids is 1. The van der Waals surface area contributed by atoms with Gasteiger partial charge in [-0.05, 0) is 35.9 Å². The van der Waals surface area contributed by atoms with Crippen molar-refractivity contribution >= 4 is 5.91 Å². The molecule has 3 heterocycles. The molecule has 4 rings (SSSR count).